The molecule has 1 atom stereocenters. The monoisotopic (exact) mass is 376 g/mol. The summed E-state index contributed by atoms with van der Waals surface area (Å²) in [7, 11) is 0. The second-order valence-electron chi connectivity index (χ2n) is 7.40. The van der Waals surface area contributed by atoms with Gasteiger partial charge in [-0.05, 0) is 49.4 Å². The summed E-state index contributed by atoms with van der Waals surface area (Å²) in [5.74, 6) is 0.324. The number of fused-ring (bicyclic) bond motifs is 1. The maximum atomic E-state index is 13.1. The molecule has 0 spiro atoms. The van der Waals surface area contributed by atoms with Gasteiger partial charge in [0, 0.05) is 17.8 Å². The molecule has 0 fully saturated rings. The van der Waals surface area contributed by atoms with Crippen LogP contribution in [-0.4, -0.2) is 23.3 Å². The Labute approximate surface area is 164 Å². The molecule has 1 aromatic heterocycles. The molecule has 0 saturated carbocycles. The molecule has 1 aromatic carbocycles. The maximum absolute atomic E-state index is 13.1. The van der Waals surface area contributed by atoms with Crippen molar-refractivity contribution in [2.75, 3.05) is 11.9 Å². The minimum absolute atomic E-state index is 0.0350. The van der Waals surface area contributed by atoms with Crippen molar-refractivity contribution in [3.05, 3.63) is 77.3 Å². The van der Waals surface area contributed by atoms with E-state index < -0.39 is 0 Å². The van der Waals surface area contributed by atoms with E-state index in [1.165, 1.54) is 0 Å². The largest absolute Gasteiger partial charge is 0.467 e. The number of amides is 2. The highest BCUT2D eigenvalue weighted by atomic mass is 16.3. The first-order chi connectivity index (χ1) is 13.6. The number of benzene rings is 1. The van der Waals surface area contributed by atoms with Crippen LogP contribution in [0.25, 0.3) is 0 Å². The van der Waals surface area contributed by atoms with Gasteiger partial charge in [0.25, 0.3) is 5.91 Å². The third-order valence-corrected chi connectivity index (χ3v) is 5.34. The zero-order chi connectivity index (χ0) is 19.5. The number of carbonyl (C=O) groups excluding carboxylic acids is 2. The Kier molecular flexibility index (Phi) is 5.15. The third-order valence-electron chi connectivity index (χ3n) is 5.34. The van der Waals surface area contributed by atoms with Crippen LogP contribution in [0.4, 0.5) is 5.69 Å². The van der Waals surface area contributed by atoms with Crippen LogP contribution in [0.15, 0.2) is 64.8 Å². The van der Waals surface area contributed by atoms with E-state index in [9.17, 15) is 9.59 Å². The highest BCUT2D eigenvalue weighted by Gasteiger charge is 2.31. The topological polar surface area (TPSA) is 62.6 Å². The zero-order valence-corrected chi connectivity index (χ0v) is 16.0. The third kappa shape index (κ3) is 3.79. The minimum atomic E-state index is -0.290. The molecule has 1 unspecified atom stereocenters. The van der Waals surface area contributed by atoms with E-state index in [0.717, 1.165) is 29.7 Å². The van der Waals surface area contributed by atoms with Crippen molar-refractivity contribution < 1.29 is 14.0 Å². The molecule has 1 aliphatic heterocycles. The fourth-order valence-corrected chi connectivity index (χ4v) is 3.84. The fourth-order valence-electron chi connectivity index (χ4n) is 3.84. The second-order valence-corrected chi connectivity index (χ2v) is 7.40. The van der Waals surface area contributed by atoms with Crippen LogP contribution < -0.4 is 5.32 Å². The van der Waals surface area contributed by atoms with Gasteiger partial charge in [-0.3, -0.25) is 9.59 Å². The lowest BCUT2D eigenvalue weighted by molar-refractivity contribution is -0.130. The van der Waals surface area contributed by atoms with E-state index in [4.69, 9.17) is 4.42 Å². The number of anilines is 1. The van der Waals surface area contributed by atoms with E-state index in [1.54, 1.807) is 11.2 Å². The van der Waals surface area contributed by atoms with Crippen LogP contribution in [0, 0.1) is 12.8 Å². The number of furan rings is 1. The minimum Gasteiger partial charge on any atom is -0.467 e. The van der Waals surface area contributed by atoms with Crippen molar-refractivity contribution in [2.45, 2.75) is 32.7 Å². The molecule has 2 heterocycles. The summed E-state index contributed by atoms with van der Waals surface area (Å²) in [6, 6.07) is 9.70. The zero-order valence-electron chi connectivity index (χ0n) is 16.0. The number of aryl methyl sites for hydroxylation is 1. The molecule has 0 radical (unpaired) electrons. The predicted octanol–water partition coefficient (Wildman–Crippen LogP) is 4.00. The lowest BCUT2D eigenvalue weighted by atomic mass is 9.90. The summed E-state index contributed by atoms with van der Waals surface area (Å²) in [6.45, 7) is 2.69. The van der Waals surface area contributed by atoms with Gasteiger partial charge in [-0.15, -0.1) is 0 Å². The van der Waals surface area contributed by atoms with Crippen LogP contribution in [0.5, 0.6) is 0 Å². The summed E-state index contributed by atoms with van der Waals surface area (Å²) in [5.41, 5.74) is 3.77. The maximum Gasteiger partial charge on any atom is 0.253 e. The lowest BCUT2D eigenvalue weighted by Gasteiger charge is -2.31. The highest BCUT2D eigenvalue weighted by Crippen LogP contribution is 2.29. The molecular formula is C23H24N2O3. The van der Waals surface area contributed by atoms with Gasteiger partial charge in [-0.1, -0.05) is 36.4 Å². The molecule has 1 N–H and O–H groups in total. The standard InChI is InChI=1S/C23H24N2O3/c1-16-7-5-10-18-13-19(22(26)24-21(16)18)14-25(15-20-11-6-12-28-20)23(27)17-8-3-2-4-9-17/h3,5-12,19H,2,4,13-15H2,1H3,(H,24,26). The van der Waals surface area contributed by atoms with Crippen molar-refractivity contribution in [1.82, 2.24) is 4.90 Å². The molecule has 4 rings (SSSR count). The average Bonchev–Trinajstić information content (AvgIpc) is 3.22. The summed E-state index contributed by atoms with van der Waals surface area (Å²) < 4.78 is 5.46. The van der Waals surface area contributed by atoms with Gasteiger partial charge in [-0.25, -0.2) is 0 Å². The van der Waals surface area contributed by atoms with Gasteiger partial charge in [0.05, 0.1) is 18.7 Å². The molecular weight excluding hydrogens is 352 g/mol. The predicted molar refractivity (Wildman–Crippen MR) is 108 cm³/mol. The van der Waals surface area contributed by atoms with Crippen molar-refractivity contribution in [3.63, 3.8) is 0 Å². The second kappa shape index (κ2) is 7.89. The first-order valence-corrected chi connectivity index (χ1v) is 9.69. The van der Waals surface area contributed by atoms with Crippen molar-refractivity contribution in [2.24, 2.45) is 5.92 Å². The average molecular weight is 376 g/mol. The molecule has 1 aliphatic carbocycles. The van der Waals surface area contributed by atoms with E-state index in [1.807, 2.05) is 55.5 Å². The Morgan fingerprint density at radius 1 is 1.25 bits per heavy atom. The van der Waals surface area contributed by atoms with E-state index in [0.29, 0.717) is 30.8 Å². The molecule has 0 saturated heterocycles. The Morgan fingerprint density at radius 3 is 2.89 bits per heavy atom. The number of hydrogen-bond acceptors (Lipinski definition) is 3. The van der Waals surface area contributed by atoms with E-state index in [2.05, 4.69) is 5.32 Å². The number of carbonyl (C=O) groups is 2. The van der Waals surface area contributed by atoms with E-state index >= 15 is 0 Å². The van der Waals surface area contributed by atoms with Gasteiger partial charge < -0.3 is 14.6 Å². The summed E-state index contributed by atoms with van der Waals surface area (Å²) in [4.78, 5) is 27.6. The van der Waals surface area contributed by atoms with Gasteiger partial charge in [0.15, 0.2) is 0 Å². The smallest absolute Gasteiger partial charge is 0.253 e. The summed E-state index contributed by atoms with van der Waals surface area (Å²) in [5, 5.41) is 3.03. The molecule has 144 valence electrons. The number of para-hydroxylation sites is 1. The Hall–Kier alpha value is -3.08. The molecule has 28 heavy (non-hydrogen) atoms. The number of nitrogens with zero attached hydrogens (tertiary/aromatic N) is 1. The SMILES string of the molecule is Cc1cccc2c1NC(=O)C(CN(Cc1ccco1)C(=O)C1=CCCC=C1)C2. The van der Waals surface area contributed by atoms with Crippen LogP contribution in [0.1, 0.15) is 29.7 Å². The molecule has 5 heteroatoms. The number of hydrogen-bond donors (Lipinski definition) is 1. The van der Waals surface area contributed by atoms with E-state index in [-0.39, 0.29) is 17.7 Å². The van der Waals surface area contributed by atoms with Gasteiger partial charge in [0.2, 0.25) is 5.91 Å². The number of allylic oxidation sites excluding steroid dienone is 2. The summed E-state index contributed by atoms with van der Waals surface area (Å²) in [6.07, 6.45) is 9.91. The Bertz CT molecular complexity index is 941. The Balaban J connectivity index is 1.56. The van der Waals surface area contributed by atoms with Crippen molar-refractivity contribution in [1.29, 1.82) is 0 Å². The van der Waals surface area contributed by atoms with Crippen LogP contribution in [-0.2, 0) is 22.6 Å². The molecule has 2 amide bonds. The van der Waals surface area contributed by atoms with Crippen LogP contribution in [0.2, 0.25) is 0 Å². The van der Waals surface area contributed by atoms with Crippen molar-refractivity contribution in [3.8, 4) is 0 Å². The number of nitrogens with one attached hydrogen (secondary N) is 1. The first-order valence-electron chi connectivity index (χ1n) is 9.69. The number of rotatable bonds is 5. The molecule has 2 aliphatic rings. The molecule has 2 aromatic rings. The molecule has 5 nitrogen and oxygen atoms in total. The quantitative estimate of drug-likeness (QED) is 0.858. The van der Waals surface area contributed by atoms with Crippen LogP contribution in [0.3, 0.4) is 0 Å². The van der Waals surface area contributed by atoms with Crippen molar-refractivity contribution >= 4 is 17.5 Å². The van der Waals surface area contributed by atoms with Crippen LogP contribution >= 0.6 is 0 Å². The molecule has 0 bridgehead atoms. The first kappa shape index (κ1) is 18.3. The van der Waals surface area contributed by atoms with Gasteiger partial charge in [0.1, 0.15) is 5.76 Å². The van der Waals surface area contributed by atoms with Gasteiger partial charge in [-0.2, -0.15) is 0 Å². The van der Waals surface area contributed by atoms with Gasteiger partial charge >= 0.3 is 0 Å². The lowest BCUT2D eigenvalue weighted by Crippen LogP contribution is -2.42. The summed E-state index contributed by atoms with van der Waals surface area (Å²) >= 11 is 0. The fraction of sp³-hybridized carbons (Fsp3) is 0.304. The normalized spacial score (nSPS) is 18.2. The highest BCUT2D eigenvalue weighted by molar-refractivity contribution is 5.99. The Morgan fingerprint density at radius 2 is 2.14 bits per heavy atom.